The average molecular weight is 367 g/mol. The van der Waals surface area contributed by atoms with Crippen LogP contribution in [0.5, 0.6) is 11.5 Å². The van der Waals surface area contributed by atoms with Crippen LogP contribution < -0.4 is 9.47 Å². The molecule has 4 atom stereocenters. The number of benzene rings is 1. The van der Waals surface area contributed by atoms with E-state index in [1.54, 1.807) is 26.5 Å². The van der Waals surface area contributed by atoms with Gasteiger partial charge in [-0.05, 0) is 12.1 Å². The molecule has 2 saturated heterocycles. The van der Waals surface area contributed by atoms with Crippen molar-refractivity contribution in [1.29, 1.82) is 0 Å². The number of methoxy groups -OCH3 is 2. The topological polar surface area (TPSA) is 75.0 Å². The molecular weight excluding hydrogens is 348 g/mol. The molecule has 2 fully saturated rings. The number of ether oxygens (including phenoxy) is 4. The molecule has 1 aromatic carbocycles. The zero-order valence-corrected chi connectivity index (χ0v) is 14.6. The van der Waals surface area contributed by atoms with E-state index in [-0.39, 0.29) is 24.9 Å². The molecular formula is C17H19ClN2O5. The van der Waals surface area contributed by atoms with Crippen molar-refractivity contribution >= 4 is 11.6 Å². The minimum Gasteiger partial charge on any atom is -0.493 e. The van der Waals surface area contributed by atoms with Gasteiger partial charge in [-0.25, -0.2) is 4.98 Å². The Morgan fingerprint density at radius 3 is 2.76 bits per heavy atom. The van der Waals surface area contributed by atoms with Gasteiger partial charge in [-0.3, -0.25) is 0 Å². The second kappa shape index (κ2) is 6.49. The normalized spacial score (nSPS) is 28.2. The summed E-state index contributed by atoms with van der Waals surface area (Å²) in [4.78, 5) is 4.47. The van der Waals surface area contributed by atoms with Crippen molar-refractivity contribution in [3.63, 3.8) is 0 Å². The molecule has 25 heavy (non-hydrogen) atoms. The van der Waals surface area contributed by atoms with Crippen LogP contribution in [0.4, 0.5) is 0 Å². The van der Waals surface area contributed by atoms with Gasteiger partial charge in [0.15, 0.2) is 11.5 Å². The van der Waals surface area contributed by atoms with Crippen LogP contribution in [-0.2, 0) is 9.47 Å². The summed E-state index contributed by atoms with van der Waals surface area (Å²) in [5, 5.41) is 10.4. The van der Waals surface area contributed by atoms with Gasteiger partial charge in [0, 0.05) is 18.0 Å². The van der Waals surface area contributed by atoms with Crippen LogP contribution in [0.15, 0.2) is 24.5 Å². The summed E-state index contributed by atoms with van der Waals surface area (Å²) in [6.45, 7) is 0.745. The first-order valence-electron chi connectivity index (χ1n) is 8.00. The fraction of sp³-hybridized carbons (Fsp3) is 0.471. The Balaban J connectivity index is 1.72. The Morgan fingerprint density at radius 1 is 1.20 bits per heavy atom. The number of imidazole rings is 1. The number of nitrogens with zero attached hydrogens (tertiary/aromatic N) is 2. The summed E-state index contributed by atoms with van der Waals surface area (Å²) in [6.07, 6.45) is 2.52. The van der Waals surface area contributed by atoms with E-state index in [0.717, 1.165) is 11.4 Å². The summed E-state index contributed by atoms with van der Waals surface area (Å²) >= 11 is 6.33. The summed E-state index contributed by atoms with van der Waals surface area (Å²) < 4.78 is 24.1. The summed E-state index contributed by atoms with van der Waals surface area (Å²) in [5.41, 5.74) is 0.801. The molecule has 0 saturated carbocycles. The molecule has 0 unspecified atom stereocenters. The highest BCUT2D eigenvalue weighted by Gasteiger charge is 2.48. The molecule has 8 heteroatoms. The van der Waals surface area contributed by atoms with Crippen molar-refractivity contribution in [2.75, 3.05) is 27.4 Å². The summed E-state index contributed by atoms with van der Waals surface area (Å²) in [5.74, 6) is 1.74. The Kier molecular flexibility index (Phi) is 4.33. The van der Waals surface area contributed by atoms with Crippen molar-refractivity contribution in [1.82, 2.24) is 9.55 Å². The van der Waals surface area contributed by atoms with E-state index in [1.807, 2.05) is 16.8 Å². The molecule has 0 bridgehead atoms. The van der Waals surface area contributed by atoms with E-state index in [0.29, 0.717) is 23.1 Å². The number of rotatable bonds is 4. The molecule has 2 aromatic rings. The molecule has 0 radical (unpaired) electrons. The average Bonchev–Trinajstić information content (AvgIpc) is 3.31. The van der Waals surface area contributed by atoms with Gasteiger partial charge in [0.05, 0.1) is 38.5 Å². The zero-order valence-electron chi connectivity index (χ0n) is 13.9. The second-order valence-corrected chi connectivity index (χ2v) is 6.49. The minimum absolute atomic E-state index is 0.0634. The van der Waals surface area contributed by atoms with Crippen LogP contribution in [0.25, 0.3) is 11.4 Å². The molecule has 134 valence electrons. The quantitative estimate of drug-likeness (QED) is 0.891. The largest absolute Gasteiger partial charge is 0.493 e. The van der Waals surface area contributed by atoms with E-state index >= 15 is 0 Å². The number of halogens is 1. The first-order chi connectivity index (χ1) is 12.1. The Morgan fingerprint density at radius 2 is 2.00 bits per heavy atom. The van der Waals surface area contributed by atoms with Crippen molar-refractivity contribution in [3.8, 4) is 22.9 Å². The first kappa shape index (κ1) is 16.7. The van der Waals surface area contributed by atoms with Crippen LogP contribution in [0.3, 0.4) is 0 Å². The number of aliphatic hydroxyl groups is 1. The molecule has 2 aliphatic heterocycles. The van der Waals surface area contributed by atoms with Gasteiger partial charge in [0.25, 0.3) is 0 Å². The van der Waals surface area contributed by atoms with Gasteiger partial charge >= 0.3 is 0 Å². The predicted molar refractivity (Wildman–Crippen MR) is 90.3 cm³/mol. The van der Waals surface area contributed by atoms with Crippen molar-refractivity contribution < 1.29 is 24.1 Å². The molecule has 1 N–H and O–H groups in total. The lowest BCUT2D eigenvalue weighted by atomic mass is 10.1. The third-order valence-electron chi connectivity index (χ3n) is 4.72. The number of aliphatic hydroxyl groups excluding tert-OH is 1. The number of aromatic nitrogens is 2. The molecule has 0 aliphatic carbocycles. The molecule has 0 amide bonds. The lowest BCUT2D eigenvalue weighted by Crippen LogP contribution is -2.30. The minimum atomic E-state index is -0.586. The molecule has 0 spiro atoms. The monoisotopic (exact) mass is 366 g/mol. The standard InChI is InChI=1S/C17H19ClN2O5/c1-22-13-6-9(5-10(18)14(13)23-2)17-19-3-4-20(17)11-7-24-16-12(21)8-25-15(11)16/h3-6,11-12,15-16,21H,7-8H2,1-2H3/t11-,12-,15-,16-/m1/s1. The van der Waals surface area contributed by atoms with Crippen LogP contribution in [0.2, 0.25) is 5.02 Å². The first-order valence-corrected chi connectivity index (χ1v) is 8.37. The van der Waals surface area contributed by atoms with Crippen LogP contribution in [0, 0.1) is 0 Å². The van der Waals surface area contributed by atoms with Crippen molar-refractivity contribution in [2.45, 2.75) is 24.4 Å². The van der Waals surface area contributed by atoms with Crippen LogP contribution in [-0.4, -0.2) is 60.4 Å². The lowest BCUT2D eigenvalue weighted by Gasteiger charge is -2.20. The Hall–Kier alpha value is -1.80. The predicted octanol–water partition coefficient (Wildman–Crippen LogP) is 1.92. The maximum atomic E-state index is 9.94. The molecule has 4 rings (SSSR count). The number of hydrogen-bond donors (Lipinski definition) is 1. The fourth-order valence-electron chi connectivity index (χ4n) is 3.55. The summed E-state index contributed by atoms with van der Waals surface area (Å²) in [6, 6.07) is 3.56. The maximum absolute atomic E-state index is 9.94. The number of hydrogen-bond acceptors (Lipinski definition) is 6. The van der Waals surface area contributed by atoms with E-state index in [4.69, 9.17) is 30.5 Å². The van der Waals surface area contributed by atoms with Gasteiger partial charge in [0.1, 0.15) is 24.1 Å². The highest BCUT2D eigenvalue weighted by atomic mass is 35.5. The maximum Gasteiger partial charge on any atom is 0.179 e. The second-order valence-electron chi connectivity index (χ2n) is 6.08. The van der Waals surface area contributed by atoms with Gasteiger partial charge in [0.2, 0.25) is 0 Å². The third-order valence-corrected chi connectivity index (χ3v) is 5.00. The third kappa shape index (κ3) is 2.67. The van der Waals surface area contributed by atoms with Gasteiger partial charge in [-0.15, -0.1) is 0 Å². The highest BCUT2D eigenvalue weighted by Crippen LogP contribution is 2.41. The Bertz CT molecular complexity index is 780. The van der Waals surface area contributed by atoms with Gasteiger partial charge in [-0.1, -0.05) is 11.6 Å². The number of fused-ring (bicyclic) bond motifs is 1. The van der Waals surface area contributed by atoms with E-state index < -0.39 is 6.10 Å². The fourth-order valence-corrected chi connectivity index (χ4v) is 3.84. The smallest absolute Gasteiger partial charge is 0.179 e. The molecule has 3 heterocycles. The molecule has 7 nitrogen and oxygen atoms in total. The van der Waals surface area contributed by atoms with Gasteiger partial charge in [-0.2, -0.15) is 0 Å². The SMILES string of the molecule is COc1cc(-c2nccn2[C@@H]2CO[C@H]3[C@@H]2OC[C@H]3O)cc(Cl)c1OC. The summed E-state index contributed by atoms with van der Waals surface area (Å²) in [7, 11) is 3.11. The van der Waals surface area contributed by atoms with E-state index in [9.17, 15) is 5.11 Å². The van der Waals surface area contributed by atoms with E-state index in [2.05, 4.69) is 4.98 Å². The Labute approximate surface area is 150 Å². The zero-order chi connectivity index (χ0) is 17.6. The highest BCUT2D eigenvalue weighted by molar-refractivity contribution is 6.32. The van der Waals surface area contributed by atoms with Crippen molar-refractivity contribution in [3.05, 3.63) is 29.5 Å². The van der Waals surface area contributed by atoms with Crippen LogP contribution in [0.1, 0.15) is 6.04 Å². The van der Waals surface area contributed by atoms with Crippen molar-refractivity contribution in [2.24, 2.45) is 0 Å². The lowest BCUT2D eigenvalue weighted by molar-refractivity contribution is 0.0172. The van der Waals surface area contributed by atoms with E-state index in [1.165, 1.54) is 0 Å². The van der Waals surface area contributed by atoms with Gasteiger partial charge < -0.3 is 28.6 Å². The molecule has 2 aliphatic rings. The molecule has 1 aromatic heterocycles. The van der Waals surface area contributed by atoms with Crippen LogP contribution >= 0.6 is 11.6 Å².